The number of aromatic nitrogens is 3. The lowest BCUT2D eigenvalue weighted by molar-refractivity contribution is -0.699. The van der Waals surface area contributed by atoms with Gasteiger partial charge in [-0.2, -0.15) is 9.36 Å². The first-order valence-corrected chi connectivity index (χ1v) is 15.3. The summed E-state index contributed by atoms with van der Waals surface area (Å²) in [6, 6.07) is 5.06. The standard InChI is InChI=1S/C26H27N9O6S2/c27-26-30-20(32-43-26)17(31-41)21(36)29-18-23(38)35-19(25(39)40)14(12-42-24(18)35)8-13-4-7-34(22(13)37)16-9-15(28-10-16)11-33-5-2-1-3-6-33/h1-3,5-6,8,15-16,18,24,28H,4,7,9-12H2,(H4-,27,29,30,32,36,39,40,41)/b13-8+/t15?,16?,18-,24-/m1/s1. The van der Waals surface area contributed by atoms with E-state index in [9.17, 15) is 29.5 Å². The number of nitrogens with two attached hydrogens (primary N) is 1. The lowest BCUT2D eigenvalue weighted by Gasteiger charge is -2.50. The van der Waals surface area contributed by atoms with Crippen molar-refractivity contribution >= 4 is 57.8 Å². The molecule has 3 amide bonds. The van der Waals surface area contributed by atoms with Gasteiger partial charge in [0.2, 0.25) is 17.4 Å². The maximum Gasteiger partial charge on any atom is 0.278 e. The number of hydrogen-bond donors (Lipinski definition) is 4. The minimum atomic E-state index is -1.56. The Morgan fingerprint density at radius 2 is 2.09 bits per heavy atom. The van der Waals surface area contributed by atoms with E-state index in [0.717, 1.165) is 29.4 Å². The summed E-state index contributed by atoms with van der Waals surface area (Å²) in [5.41, 5.74) is 5.44. The molecule has 2 unspecified atom stereocenters. The lowest BCUT2D eigenvalue weighted by Crippen LogP contribution is -2.71. The first-order valence-electron chi connectivity index (χ1n) is 13.5. The minimum absolute atomic E-state index is 0.0250. The zero-order valence-corrected chi connectivity index (χ0v) is 24.2. The summed E-state index contributed by atoms with van der Waals surface area (Å²) in [4.78, 5) is 58.0. The number of oxime groups is 1. The molecule has 4 aliphatic rings. The molecule has 4 aliphatic heterocycles. The Bertz CT molecular complexity index is 1580. The molecule has 6 rings (SSSR count). The number of carboxylic acids is 1. The van der Waals surface area contributed by atoms with Gasteiger partial charge >= 0.3 is 0 Å². The number of β-lactam (4-membered cyclic amide) rings is 1. The van der Waals surface area contributed by atoms with Gasteiger partial charge in [-0.1, -0.05) is 11.2 Å². The molecule has 17 heteroatoms. The third-order valence-electron chi connectivity index (χ3n) is 7.80. The van der Waals surface area contributed by atoms with Crippen molar-refractivity contribution < 1.29 is 34.1 Å². The fourth-order valence-corrected chi connectivity index (χ4v) is 7.53. The fraction of sp³-hybridized carbons (Fsp3) is 0.385. The van der Waals surface area contributed by atoms with Gasteiger partial charge in [-0.25, -0.2) is 4.57 Å². The van der Waals surface area contributed by atoms with Gasteiger partial charge in [0, 0.05) is 54.1 Å². The van der Waals surface area contributed by atoms with Crippen LogP contribution in [0.2, 0.25) is 0 Å². The number of aliphatic carboxylic acids is 1. The van der Waals surface area contributed by atoms with Crippen molar-refractivity contribution in [2.24, 2.45) is 5.16 Å². The van der Waals surface area contributed by atoms with Crippen LogP contribution in [0.4, 0.5) is 5.13 Å². The largest absolute Gasteiger partial charge is 0.543 e. The molecular formula is C26H27N9O6S2. The number of hydrogen-bond acceptors (Lipinski definition) is 13. The van der Waals surface area contributed by atoms with E-state index >= 15 is 0 Å². The second kappa shape index (κ2) is 11.7. The van der Waals surface area contributed by atoms with Crippen molar-refractivity contribution in [2.75, 3.05) is 24.6 Å². The van der Waals surface area contributed by atoms with Gasteiger partial charge in [-0.3, -0.25) is 19.3 Å². The van der Waals surface area contributed by atoms with Crippen LogP contribution in [-0.4, -0.2) is 96.1 Å². The number of anilines is 1. The zero-order chi connectivity index (χ0) is 30.2. The highest BCUT2D eigenvalue weighted by molar-refractivity contribution is 8.00. The summed E-state index contributed by atoms with van der Waals surface area (Å²) in [7, 11) is 0. The highest BCUT2D eigenvalue weighted by Crippen LogP contribution is 2.41. The average molecular weight is 626 g/mol. The molecule has 6 heterocycles. The summed E-state index contributed by atoms with van der Waals surface area (Å²) in [6.45, 7) is 1.99. The highest BCUT2D eigenvalue weighted by atomic mass is 32.2. The van der Waals surface area contributed by atoms with Gasteiger partial charge in [0.1, 0.15) is 11.4 Å². The second-order valence-electron chi connectivity index (χ2n) is 10.4. The third-order valence-corrected chi connectivity index (χ3v) is 9.65. The van der Waals surface area contributed by atoms with Gasteiger partial charge in [0.25, 0.3) is 11.8 Å². The number of rotatable bonds is 8. The predicted molar refractivity (Wildman–Crippen MR) is 151 cm³/mol. The molecule has 2 aromatic heterocycles. The van der Waals surface area contributed by atoms with Gasteiger partial charge in [-0.15, -0.1) is 11.8 Å². The van der Waals surface area contributed by atoms with Crippen LogP contribution in [0.25, 0.3) is 0 Å². The number of nitrogens with zero attached hydrogens (tertiary/aromatic N) is 6. The number of nitrogen functional groups attached to an aromatic ring is 1. The number of carbonyl (C=O) groups excluding carboxylic acids is 4. The Morgan fingerprint density at radius 3 is 2.79 bits per heavy atom. The van der Waals surface area contributed by atoms with Crippen LogP contribution in [0.3, 0.4) is 0 Å². The molecule has 3 saturated heterocycles. The number of thioether (sulfide) groups is 1. The normalized spacial score (nSPS) is 26.6. The topological polar surface area (TPSA) is 210 Å². The third kappa shape index (κ3) is 5.46. The molecule has 15 nitrogen and oxygen atoms in total. The van der Waals surface area contributed by atoms with Crippen molar-refractivity contribution in [2.45, 2.75) is 42.9 Å². The molecular weight excluding hydrogens is 598 g/mol. The molecule has 43 heavy (non-hydrogen) atoms. The summed E-state index contributed by atoms with van der Waals surface area (Å²) >= 11 is 2.03. The Labute approximate surface area is 253 Å². The number of nitrogens with one attached hydrogen (secondary N) is 2. The lowest BCUT2D eigenvalue weighted by atomic mass is 10.0. The molecule has 0 spiro atoms. The van der Waals surface area contributed by atoms with Crippen LogP contribution in [0.1, 0.15) is 18.7 Å². The highest BCUT2D eigenvalue weighted by Gasteiger charge is 2.53. The number of carbonyl (C=O) groups is 4. The number of carboxylic acid groups (broad SMARTS) is 1. The summed E-state index contributed by atoms with van der Waals surface area (Å²) < 4.78 is 5.93. The number of pyridine rings is 1. The Balaban J connectivity index is 1.13. The maximum atomic E-state index is 13.4. The van der Waals surface area contributed by atoms with Gasteiger partial charge in [0.15, 0.2) is 24.1 Å². The fourth-order valence-electron chi connectivity index (χ4n) is 5.79. The van der Waals surface area contributed by atoms with Crippen molar-refractivity contribution in [3.63, 3.8) is 0 Å². The smallest absolute Gasteiger partial charge is 0.278 e. The Hall–Kier alpha value is -4.35. The van der Waals surface area contributed by atoms with Gasteiger partial charge in [0.05, 0.1) is 17.7 Å². The van der Waals surface area contributed by atoms with Crippen LogP contribution >= 0.6 is 23.3 Å². The van der Waals surface area contributed by atoms with E-state index in [1.807, 2.05) is 35.5 Å². The van der Waals surface area contributed by atoms with Crippen LogP contribution in [-0.2, 0) is 25.7 Å². The summed E-state index contributed by atoms with van der Waals surface area (Å²) in [6.07, 6.45) is 6.82. The second-order valence-corrected chi connectivity index (χ2v) is 12.3. The van der Waals surface area contributed by atoms with Gasteiger partial charge in [-0.05, 0) is 24.5 Å². The number of amides is 3. The molecule has 0 bridgehead atoms. The number of fused-ring (bicyclic) bond motifs is 1. The minimum Gasteiger partial charge on any atom is -0.543 e. The molecule has 0 saturated carbocycles. The molecule has 0 aliphatic carbocycles. The molecule has 0 radical (unpaired) electrons. The van der Waals surface area contributed by atoms with E-state index in [1.54, 1.807) is 6.08 Å². The Morgan fingerprint density at radius 1 is 1.30 bits per heavy atom. The molecule has 5 N–H and O–H groups in total. The average Bonchev–Trinajstić information content (AvgIpc) is 3.73. The molecule has 4 atom stereocenters. The van der Waals surface area contributed by atoms with E-state index in [-0.39, 0.29) is 40.4 Å². The monoisotopic (exact) mass is 625 g/mol. The Kier molecular flexibility index (Phi) is 7.85. The van der Waals surface area contributed by atoms with Crippen molar-refractivity contribution in [1.29, 1.82) is 0 Å². The van der Waals surface area contributed by atoms with Crippen molar-refractivity contribution in [3.05, 3.63) is 59.3 Å². The van der Waals surface area contributed by atoms with E-state index in [1.165, 1.54) is 11.8 Å². The van der Waals surface area contributed by atoms with Gasteiger partial charge < -0.3 is 36.4 Å². The van der Waals surface area contributed by atoms with Crippen LogP contribution in [0, 0.1) is 0 Å². The number of likely N-dealkylation sites (tertiary alicyclic amines) is 1. The van der Waals surface area contributed by atoms with Crippen LogP contribution < -0.4 is 26.0 Å². The SMILES string of the molecule is Nc1nc(/C(=N/O)C(=O)N[C@@H]2C(=O)N3C(C(=O)[O-])=C(/C=C4\CCN(C5CNC(C[n+]6ccccc6)C5)C4=O)CS[C@H]23)ns1. The van der Waals surface area contributed by atoms with Crippen LogP contribution in [0.5, 0.6) is 0 Å². The first-order chi connectivity index (χ1) is 20.7. The molecule has 224 valence electrons. The molecule has 0 aromatic carbocycles. The molecule has 3 fully saturated rings. The first kappa shape index (κ1) is 28.8. The van der Waals surface area contributed by atoms with Crippen molar-refractivity contribution in [3.8, 4) is 0 Å². The van der Waals surface area contributed by atoms with E-state index in [2.05, 4.69) is 29.7 Å². The van der Waals surface area contributed by atoms with Crippen LogP contribution in [0.15, 0.2) is 58.7 Å². The summed E-state index contributed by atoms with van der Waals surface area (Å²) in [5, 5.41) is 29.7. The van der Waals surface area contributed by atoms with E-state index in [0.29, 0.717) is 30.7 Å². The number of allylic oxidation sites excluding steroid dienone is 1. The summed E-state index contributed by atoms with van der Waals surface area (Å²) in [5.74, 6) is -3.34. The van der Waals surface area contributed by atoms with Crippen molar-refractivity contribution in [1.82, 2.24) is 29.8 Å². The quantitative estimate of drug-likeness (QED) is 0.0606. The van der Waals surface area contributed by atoms with E-state index < -0.39 is 34.9 Å². The molecule has 2 aromatic rings. The maximum absolute atomic E-state index is 13.4. The van der Waals surface area contributed by atoms with E-state index in [4.69, 9.17) is 5.73 Å². The zero-order valence-electron chi connectivity index (χ0n) is 22.6. The predicted octanol–water partition coefficient (Wildman–Crippen LogP) is -2.42.